The molecule has 2 aliphatic rings. The third kappa shape index (κ3) is 1.28. The highest BCUT2D eigenvalue weighted by Crippen LogP contribution is 2.43. The molecule has 3 rings (SSSR count). The van der Waals surface area contributed by atoms with Gasteiger partial charge in [-0.1, -0.05) is 26.0 Å². The maximum absolute atomic E-state index is 4.28. The summed E-state index contributed by atoms with van der Waals surface area (Å²) in [5.74, 6) is 0.490. The molecule has 1 aromatic rings. The molecule has 1 heterocycles. The summed E-state index contributed by atoms with van der Waals surface area (Å²) in [5, 5.41) is 0. The lowest BCUT2D eigenvalue weighted by atomic mass is 10.1. The van der Waals surface area contributed by atoms with Gasteiger partial charge in [0.1, 0.15) is 0 Å². The fraction of sp³-hybridized carbons (Fsp3) is 0.273. The minimum atomic E-state index is 0.490. The van der Waals surface area contributed by atoms with Crippen LogP contribution in [-0.4, -0.2) is 9.97 Å². The SMILES string of the molecule is C1=Cc2nccnc2C2C=C12.CC. The Bertz CT molecular complexity index is 377. The van der Waals surface area contributed by atoms with Crippen molar-refractivity contribution in [2.75, 3.05) is 0 Å². The standard InChI is InChI=1S/C9H6N2.C2H6/c1-2-8-9(7-5-6(1)7)11-4-3-10-8;1-2/h1-5,7H;1-2H3. The van der Waals surface area contributed by atoms with Crippen molar-refractivity contribution in [3.8, 4) is 0 Å². The third-order valence-corrected chi connectivity index (χ3v) is 2.09. The van der Waals surface area contributed by atoms with Gasteiger partial charge in [-0.3, -0.25) is 9.97 Å². The van der Waals surface area contributed by atoms with Gasteiger partial charge in [0.2, 0.25) is 0 Å². The van der Waals surface area contributed by atoms with E-state index < -0.39 is 0 Å². The minimum Gasteiger partial charge on any atom is -0.256 e. The summed E-state index contributed by atoms with van der Waals surface area (Å²) in [4.78, 5) is 8.49. The molecule has 0 saturated carbocycles. The van der Waals surface area contributed by atoms with Crippen LogP contribution >= 0.6 is 0 Å². The van der Waals surface area contributed by atoms with E-state index in [0.717, 1.165) is 11.4 Å². The molecule has 0 amide bonds. The van der Waals surface area contributed by atoms with Crippen molar-refractivity contribution in [3.05, 3.63) is 41.5 Å². The molecule has 0 fully saturated rings. The van der Waals surface area contributed by atoms with Crippen LogP contribution in [0.4, 0.5) is 0 Å². The molecule has 0 aromatic carbocycles. The largest absolute Gasteiger partial charge is 0.256 e. The minimum absolute atomic E-state index is 0.490. The van der Waals surface area contributed by atoms with Crippen LogP contribution in [0.5, 0.6) is 0 Å². The van der Waals surface area contributed by atoms with Gasteiger partial charge in [-0.2, -0.15) is 0 Å². The Labute approximate surface area is 78.0 Å². The van der Waals surface area contributed by atoms with Crippen molar-refractivity contribution < 1.29 is 0 Å². The second kappa shape index (κ2) is 3.13. The lowest BCUT2D eigenvalue weighted by molar-refractivity contribution is 1.00. The molecule has 0 aliphatic heterocycles. The monoisotopic (exact) mass is 172 g/mol. The van der Waals surface area contributed by atoms with E-state index in [4.69, 9.17) is 0 Å². The van der Waals surface area contributed by atoms with Crippen LogP contribution in [-0.2, 0) is 0 Å². The number of nitrogens with zero attached hydrogens (tertiary/aromatic N) is 2. The Morgan fingerprint density at radius 2 is 1.85 bits per heavy atom. The third-order valence-electron chi connectivity index (χ3n) is 2.09. The Hall–Kier alpha value is -1.44. The summed E-state index contributed by atoms with van der Waals surface area (Å²) in [6.07, 6.45) is 9.83. The van der Waals surface area contributed by atoms with Gasteiger partial charge in [-0.15, -0.1) is 0 Å². The molecule has 1 unspecified atom stereocenters. The first-order chi connectivity index (χ1) is 6.45. The molecule has 1 atom stereocenters. The van der Waals surface area contributed by atoms with Crippen molar-refractivity contribution in [2.24, 2.45) is 0 Å². The molecule has 1 aromatic heterocycles. The average Bonchev–Trinajstić information content (AvgIpc) is 3.00. The molecule has 0 radical (unpaired) electrons. The van der Waals surface area contributed by atoms with Gasteiger partial charge in [-0.05, 0) is 11.6 Å². The Kier molecular flexibility index (Phi) is 1.97. The van der Waals surface area contributed by atoms with Gasteiger partial charge < -0.3 is 0 Å². The maximum Gasteiger partial charge on any atom is 0.0854 e. The van der Waals surface area contributed by atoms with E-state index in [1.54, 1.807) is 12.4 Å². The quantitative estimate of drug-likeness (QED) is 0.601. The zero-order valence-electron chi connectivity index (χ0n) is 7.86. The van der Waals surface area contributed by atoms with Gasteiger partial charge in [0.05, 0.1) is 11.4 Å². The number of aromatic nitrogens is 2. The highest BCUT2D eigenvalue weighted by atomic mass is 14.8. The Balaban J connectivity index is 0.000000308. The maximum atomic E-state index is 4.28. The fourth-order valence-corrected chi connectivity index (χ4v) is 1.44. The Morgan fingerprint density at radius 3 is 2.69 bits per heavy atom. The molecular weight excluding hydrogens is 160 g/mol. The zero-order chi connectivity index (χ0) is 9.26. The summed E-state index contributed by atoms with van der Waals surface area (Å²) in [5.41, 5.74) is 3.53. The van der Waals surface area contributed by atoms with Crippen LogP contribution in [0.1, 0.15) is 31.2 Å². The summed E-state index contributed by atoms with van der Waals surface area (Å²) in [7, 11) is 0. The van der Waals surface area contributed by atoms with E-state index in [-0.39, 0.29) is 0 Å². The summed E-state index contributed by atoms with van der Waals surface area (Å²) >= 11 is 0. The fourth-order valence-electron chi connectivity index (χ4n) is 1.44. The summed E-state index contributed by atoms with van der Waals surface area (Å²) < 4.78 is 0. The smallest absolute Gasteiger partial charge is 0.0854 e. The van der Waals surface area contributed by atoms with Crippen LogP contribution in [0.3, 0.4) is 0 Å². The van der Waals surface area contributed by atoms with E-state index in [0.29, 0.717) is 5.92 Å². The van der Waals surface area contributed by atoms with E-state index in [2.05, 4.69) is 22.1 Å². The van der Waals surface area contributed by atoms with Crippen LogP contribution < -0.4 is 0 Å². The number of allylic oxidation sites excluding steroid dienone is 3. The number of fused-ring (bicyclic) bond motifs is 3. The molecule has 13 heavy (non-hydrogen) atoms. The molecular formula is C11H12N2. The molecule has 2 aliphatic carbocycles. The van der Waals surface area contributed by atoms with Gasteiger partial charge in [0.25, 0.3) is 0 Å². The zero-order valence-corrected chi connectivity index (χ0v) is 7.86. The van der Waals surface area contributed by atoms with E-state index >= 15 is 0 Å². The Morgan fingerprint density at radius 1 is 1.08 bits per heavy atom. The van der Waals surface area contributed by atoms with Gasteiger partial charge in [-0.25, -0.2) is 0 Å². The first-order valence-electron chi connectivity index (χ1n) is 4.66. The van der Waals surface area contributed by atoms with Gasteiger partial charge >= 0.3 is 0 Å². The molecule has 0 bridgehead atoms. The number of hydrogen-bond donors (Lipinski definition) is 0. The molecule has 0 N–H and O–H groups in total. The predicted octanol–water partition coefficient (Wildman–Crippen LogP) is 2.55. The van der Waals surface area contributed by atoms with Crippen molar-refractivity contribution in [2.45, 2.75) is 19.8 Å². The lowest BCUT2D eigenvalue weighted by Gasteiger charge is -2.05. The first kappa shape index (κ1) is 8.17. The molecule has 0 spiro atoms. The number of hydrogen-bond acceptors (Lipinski definition) is 2. The van der Waals surface area contributed by atoms with Crippen molar-refractivity contribution >= 4 is 6.08 Å². The topological polar surface area (TPSA) is 25.8 Å². The molecule has 66 valence electrons. The summed E-state index contributed by atoms with van der Waals surface area (Å²) in [6.45, 7) is 4.00. The molecule has 2 heteroatoms. The van der Waals surface area contributed by atoms with Crippen molar-refractivity contribution in [1.82, 2.24) is 9.97 Å². The molecule has 2 nitrogen and oxygen atoms in total. The van der Waals surface area contributed by atoms with E-state index in [1.165, 1.54) is 5.57 Å². The van der Waals surface area contributed by atoms with Crippen LogP contribution in [0.2, 0.25) is 0 Å². The number of rotatable bonds is 0. The van der Waals surface area contributed by atoms with Crippen LogP contribution in [0.15, 0.2) is 30.1 Å². The van der Waals surface area contributed by atoms with Crippen molar-refractivity contribution in [3.63, 3.8) is 0 Å². The normalized spacial score (nSPS) is 20.5. The second-order valence-electron chi connectivity index (χ2n) is 2.80. The highest BCUT2D eigenvalue weighted by molar-refractivity contribution is 5.67. The summed E-state index contributed by atoms with van der Waals surface area (Å²) in [6, 6.07) is 0. The second-order valence-corrected chi connectivity index (χ2v) is 2.80. The first-order valence-corrected chi connectivity index (χ1v) is 4.66. The van der Waals surface area contributed by atoms with E-state index in [9.17, 15) is 0 Å². The van der Waals surface area contributed by atoms with Crippen LogP contribution in [0, 0.1) is 0 Å². The predicted molar refractivity (Wildman–Crippen MR) is 53.2 cm³/mol. The van der Waals surface area contributed by atoms with Gasteiger partial charge in [0.15, 0.2) is 0 Å². The van der Waals surface area contributed by atoms with Crippen LogP contribution in [0.25, 0.3) is 6.08 Å². The lowest BCUT2D eigenvalue weighted by Crippen LogP contribution is -1.98. The highest BCUT2D eigenvalue weighted by Gasteiger charge is 2.30. The van der Waals surface area contributed by atoms with E-state index in [1.807, 2.05) is 19.9 Å². The van der Waals surface area contributed by atoms with Gasteiger partial charge in [0, 0.05) is 18.3 Å². The average molecular weight is 172 g/mol. The molecule has 0 saturated heterocycles. The van der Waals surface area contributed by atoms with Crippen molar-refractivity contribution in [1.29, 1.82) is 0 Å².